The first-order chi connectivity index (χ1) is 24.2. The molecule has 17 heteroatoms. The summed E-state index contributed by atoms with van der Waals surface area (Å²) in [5.74, 6) is -2.29. The van der Waals surface area contributed by atoms with Crippen LogP contribution in [0.5, 0.6) is 5.75 Å². The number of halogens is 1. The van der Waals surface area contributed by atoms with Gasteiger partial charge in [0, 0.05) is 12.3 Å². The second-order valence-electron chi connectivity index (χ2n) is 13.7. The zero-order valence-corrected chi connectivity index (χ0v) is 30.6. The number of nitrogens with zero attached hydrogens (tertiary/aromatic N) is 4. The lowest BCUT2D eigenvalue weighted by atomic mass is 9.98. The minimum absolute atomic E-state index is 0.0238. The van der Waals surface area contributed by atoms with Gasteiger partial charge in [-0.2, -0.15) is 19.4 Å². The van der Waals surface area contributed by atoms with Gasteiger partial charge in [-0.3, -0.25) is 23.5 Å². The van der Waals surface area contributed by atoms with E-state index in [0.717, 1.165) is 32.1 Å². The standard InChI is InChI=1S/C34H46FN6O9P/c1-20(2)30(42)37-28-27-29(39-33(35)38-28)41(19-36-27)26-17-25(48-31(43)21(3)4)34(6,49-26)18-46-51(45,50-24-15-11-8-12-16-24)40-22(5)32(44)47-23-13-9-7-10-14-23/h8,11-12,15-16,19-23,25-26H,7,9-10,13-14,17-18H2,1-6H3,(H,40,45)(H,37,38,39,42)/t22-,25?,26+,34+,51?/m0/s1. The fourth-order valence-electron chi connectivity index (χ4n) is 5.72. The molecule has 3 aromatic rings. The second kappa shape index (κ2) is 16.1. The van der Waals surface area contributed by atoms with Crippen LogP contribution < -0.4 is 14.9 Å². The highest BCUT2D eigenvalue weighted by Crippen LogP contribution is 2.48. The Morgan fingerprint density at radius 2 is 1.73 bits per heavy atom. The van der Waals surface area contributed by atoms with Crippen LogP contribution in [0.3, 0.4) is 0 Å². The number of rotatable bonds is 14. The Bertz CT molecular complexity index is 1750. The first-order valence-electron chi connectivity index (χ1n) is 17.2. The molecule has 3 heterocycles. The Morgan fingerprint density at radius 1 is 1.02 bits per heavy atom. The highest BCUT2D eigenvalue weighted by molar-refractivity contribution is 7.52. The van der Waals surface area contributed by atoms with Gasteiger partial charge in [0.2, 0.25) is 5.91 Å². The van der Waals surface area contributed by atoms with Crippen molar-refractivity contribution in [2.45, 2.75) is 110 Å². The summed E-state index contributed by atoms with van der Waals surface area (Å²) in [5.41, 5.74) is -1.31. The van der Waals surface area contributed by atoms with Crippen LogP contribution in [0.2, 0.25) is 0 Å². The molecule has 15 nitrogen and oxygen atoms in total. The number of hydrogen-bond acceptors (Lipinski definition) is 12. The van der Waals surface area contributed by atoms with Crippen LogP contribution in [-0.2, 0) is 37.7 Å². The van der Waals surface area contributed by atoms with Crippen molar-refractivity contribution < 1.29 is 46.6 Å². The number of amides is 1. The number of aromatic nitrogens is 4. The predicted molar refractivity (Wildman–Crippen MR) is 183 cm³/mol. The van der Waals surface area contributed by atoms with E-state index < -0.39 is 74.1 Å². The van der Waals surface area contributed by atoms with Gasteiger partial charge in [0.25, 0.3) is 0 Å². The van der Waals surface area contributed by atoms with Crippen LogP contribution >= 0.6 is 7.75 Å². The first-order valence-corrected chi connectivity index (χ1v) is 18.8. The largest absolute Gasteiger partial charge is 0.461 e. The van der Waals surface area contributed by atoms with Crippen LogP contribution in [0.15, 0.2) is 36.7 Å². The number of hydrogen-bond donors (Lipinski definition) is 2. The van der Waals surface area contributed by atoms with Gasteiger partial charge in [-0.1, -0.05) is 52.3 Å². The van der Waals surface area contributed by atoms with Crippen LogP contribution in [0.1, 0.15) is 86.3 Å². The predicted octanol–water partition coefficient (Wildman–Crippen LogP) is 5.86. The summed E-state index contributed by atoms with van der Waals surface area (Å²) >= 11 is 0. The lowest BCUT2D eigenvalue weighted by Gasteiger charge is -2.32. The molecule has 1 aliphatic heterocycles. The molecule has 1 saturated carbocycles. The Morgan fingerprint density at radius 3 is 2.39 bits per heavy atom. The van der Waals surface area contributed by atoms with Crippen LogP contribution in [-0.4, -0.2) is 67.8 Å². The first kappa shape index (κ1) is 38.3. The fourth-order valence-corrected chi connectivity index (χ4v) is 7.31. The van der Waals surface area contributed by atoms with Gasteiger partial charge < -0.3 is 24.1 Å². The molecule has 2 fully saturated rings. The molecule has 0 spiro atoms. The quantitative estimate of drug-likeness (QED) is 0.114. The Labute approximate surface area is 295 Å². The third kappa shape index (κ3) is 9.47. The van der Waals surface area contributed by atoms with Gasteiger partial charge in [-0.05, 0) is 51.7 Å². The lowest BCUT2D eigenvalue weighted by Crippen LogP contribution is -2.45. The second-order valence-corrected chi connectivity index (χ2v) is 15.4. The molecule has 278 valence electrons. The lowest BCUT2D eigenvalue weighted by molar-refractivity contribution is -0.167. The van der Waals surface area contributed by atoms with E-state index in [4.69, 9.17) is 23.3 Å². The number of fused-ring (bicyclic) bond motifs is 1. The molecule has 2 aliphatic rings. The number of para-hydroxylation sites is 1. The highest BCUT2D eigenvalue weighted by Gasteiger charge is 2.51. The topological polar surface area (TPSA) is 182 Å². The number of ether oxygens (including phenoxy) is 3. The van der Waals surface area contributed by atoms with Gasteiger partial charge >= 0.3 is 25.8 Å². The van der Waals surface area contributed by atoms with E-state index in [-0.39, 0.29) is 35.3 Å². The van der Waals surface area contributed by atoms with Gasteiger partial charge in [0.1, 0.15) is 35.8 Å². The molecular weight excluding hydrogens is 686 g/mol. The summed E-state index contributed by atoms with van der Waals surface area (Å²) in [5, 5.41) is 5.28. The molecule has 0 radical (unpaired) electrons. The van der Waals surface area contributed by atoms with E-state index >= 15 is 0 Å². The average Bonchev–Trinajstić information content (AvgIpc) is 3.65. The number of esters is 2. The number of nitrogens with one attached hydrogen (secondary N) is 2. The fraction of sp³-hybridized carbons (Fsp3) is 0.588. The van der Waals surface area contributed by atoms with E-state index in [1.54, 1.807) is 65.0 Å². The molecule has 1 aliphatic carbocycles. The van der Waals surface area contributed by atoms with E-state index in [1.807, 2.05) is 0 Å². The van der Waals surface area contributed by atoms with Gasteiger partial charge in [0.05, 0.1) is 18.9 Å². The van der Waals surface area contributed by atoms with Crippen LogP contribution in [0.4, 0.5) is 10.2 Å². The third-order valence-corrected chi connectivity index (χ3v) is 10.4. The normalized spacial score (nSPS) is 22.8. The Balaban J connectivity index is 1.40. The molecular formula is C34H46FN6O9P. The van der Waals surface area contributed by atoms with Crippen LogP contribution in [0.25, 0.3) is 11.2 Å². The summed E-state index contributed by atoms with van der Waals surface area (Å²) in [6.45, 7) is 9.40. The van der Waals surface area contributed by atoms with Crippen molar-refractivity contribution >= 4 is 42.6 Å². The minimum Gasteiger partial charge on any atom is -0.461 e. The van der Waals surface area contributed by atoms with Gasteiger partial charge in [-0.15, -0.1) is 0 Å². The van der Waals surface area contributed by atoms with Crippen molar-refractivity contribution in [3.05, 3.63) is 42.7 Å². The summed E-state index contributed by atoms with van der Waals surface area (Å²) in [4.78, 5) is 50.3. The maximum Gasteiger partial charge on any atom is 0.459 e. The molecule has 5 atom stereocenters. The van der Waals surface area contributed by atoms with E-state index in [2.05, 4.69) is 25.4 Å². The number of carbonyl (C=O) groups excluding carboxylic acids is 3. The SMILES string of the molecule is CC(C)C(=O)Nc1nc(F)nc2c1ncn2[C@H]1CC(OC(=O)C(C)C)[C@@](C)(COP(=O)(N[C@@H](C)C(=O)OC2CCCCC2)Oc2ccccc2)O1. The smallest absolute Gasteiger partial charge is 0.459 e. The van der Waals surface area contributed by atoms with Crippen LogP contribution in [0, 0.1) is 17.9 Å². The molecule has 51 heavy (non-hydrogen) atoms. The van der Waals surface area contributed by atoms with Crippen molar-refractivity contribution in [3.8, 4) is 5.75 Å². The monoisotopic (exact) mass is 732 g/mol. The van der Waals surface area contributed by atoms with Crippen molar-refractivity contribution in [3.63, 3.8) is 0 Å². The number of anilines is 1. The summed E-state index contributed by atoms with van der Waals surface area (Å²) in [6.07, 6.45) is 2.74. The van der Waals surface area contributed by atoms with Gasteiger partial charge in [0.15, 0.2) is 17.0 Å². The molecule has 2 unspecified atom stereocenters. The van der Waals surface area contributed by atoms with Crippen molar-refractivity contribution in [2.24, 2.45) is 11.8 Å². The van der Waals surface area contributed by atoms with Crippen molar-refractivity contribution in [1.82, 2.24) is 24.6 Å². The molecule has 1 amide bonds. The zero-order valence-electron chi connectivity index (χ0n) is 29.7. The number of carbonyl (C=O) groups is 3. The Kier molecular flexibility index (Phi) is 12.1. The number of imidazole rings is 1. The van der Waals surface area contributed by atoms with Crippen molar-refractivity contribution in [1.29, 1.82) is 0 Å². The summed E-state index contributed by atoms with van der Waals surface area (Å²) in [6, 6.07) is 7.24. The molecule has 2 N–H and O–H groups in total. The van der Waals surface area contributed by atoms with E-state index in [0.29, 0.717) is 0 Å². The third-order valence-electron chi connectivity index (χ3n) is 8.73. The highest BCUT2D eigenvalue weighted by atomic mass is 31.2. The van der Waals surface area contributed by atoms with Crippen molar-refractivity contribution in [2.75, 3.05) is 11.9 Å². The maximum atomic E-state index is 14.7. The molecule has 1 aromatic carbocycles. The average molecular weight is 733 g/mol. The summed E-state index contributed by atoms with van der Waals surface area (Å²) in [7, 11) is -4.33. The maximum absolute atomic E-state index is 14.7. The Hall–Kier alpha value is -3.98. The minimum atomic E-state index is -4.33. The number of benzene rings is 1. The zero-order chi connectivity index (χ0) is 36.9. The van der Waals surface area contributed by atoms with E-state index in [9.17, 15) is 23.3 Å². The molecule has 0 bridgehead atoms. The van der Waals surface area contributed by atoms with Gasteiger partial charge in [-0.25, -0.2) is 9.55 Å². The van der Waals surface area contributed by atoms with E-state index in [1.165, 1.54) is 17.8 Å². The molecule has 5 rings (SSSR count). The molecule has 1 saturated heterocycles. The summed E-state index contributed by atoms with van der Waals surface area (Å²) < 4.78 is 60.4. The molecule has 2 aromatic heterocycles.